The van der Waals surface area contributed by atoms with Crippen molar-refractivity contribution in [2.24, 2.45) is 0 Å². The van der Waals surface area contributed by atoms with E-state index in [1.165, 1.54) is 11.9 Å². The van der Waals surface area contributed by atoms with Crippen LogP contribution >= 0.6 is 0 Å². The SMILES string of the molecule is CN(C(=O)c1cc([N+](=O)[O-])cnc1N)C(C)(C)CO. The molecule has 8 nitrogen and oxygen atoms in total. The van der Waals surface area contributed by atoms with E-state index < -0.39 is 16.4 Å². The topological polar surface area (TPSA) is 123 Å². The van der Waals surface area contributed by atoms with Gasteiger partial charge < -0.3 is 15.7 Å². The van der Waals surface area contributed by atoms with E-state index in [9.17, 15) is 20.0 Å². The first kappa shape index (κ1) is 14.8. The number of aliphatic hydroxyl groups is 1. The van der Waals surface area contributed by atoms with Gasteiger partial charge in [-0.15, -0.1) is 0 Å². The van der Waals surface area contributed by atoms with Crippen LogP contribution in [0.15, 0.2) is 12.3 Å². The maximum atomic E-state index is 12.2. The molecule has 1 heterocycles. The van der Waals surface area contributed by atoms with Crippen molar-refractivity contribution in [1.82, 2.24) is 9.88 Å². The second-order valence-electron chi connectivity index (χ2n) is 4.72. The number of hydrogen-bond acceptors (Lipinski definition) is 6. The lowest BCUT2D eigenvalue weighted by molar-refractivity contribution is -0.385. The van der Waals surface area contributed by atoms with Crippen molar-refractivity contribution in [3.8, 4) is 0 Å². The van der Waals surface area contributed by atoms with Crippen molar-refractivity contribution in [2.75, 3.05) is 19.4 Å². The number of nitrogen functional groups attached to an aromatic ring is 1. The van der Waals surface area contributed by atoms with E-state index in [2.05, 4.69) is 4.98 Å². The fourth-order valence-corrected chi connectivity index (χ4v) is 1.30. The Morgan fingerprint density at radius 1 is 1.63 bits per heavy atom. The van der Waals surface area contributed by atoms with Gasteiger partial charge >= 0.3 is 0 Å². The molecule has 0 aliphatic carbocycles. The summed E-state index contributed by atoms with van der Waals surface area (Å²) in [4.78, 5) is 27.1. The number of carbonyl (C=O) groups excluding carboxylic acids is 1. The van der Waals surface area contributed by atoms with E-state index >= 15 is 0 Å². The van der Waals surface area contributed by atoms with Crippen LogP contribution in [-0.4, -0.2) is 45.0 Å². The Balaban J connectivity index is 3.19. The molecule has 1 aromatic heterocycles. The summed E-state index contributed by atoms with van der Waals surface area (Å²) in [6, 6.07) is 1.08. The number of likely N-dealkylation sites (N-methyl/N-ethyl adjacent to an activating group) is 1. The summed E-state index contributed by atoms with van der Waals surface area (Å²) in [6.07, 6.45) is 0.989. The van der Waals surface area contributed by atoms with Gasteiger partial charge in [0, 0.05) is 13.1 Å². The van der Waals surface area contributed by atoms with Crippen LogP contribution in [0.1, 0.15) is 24.2 Å². The standard InChI is InChI=1S/C11H16N4O4/c1-11(2,6-16)14(3)10(17)8-4-7(15(18)19)5-13-9(8)12/h4-5,16H,6H2,1-3H3,(H2,12,13). The molecule has 0 aliphatic heterocycles. The highest BCUT2D eigenvalue weighted by Gasteiger charge is 2.29. The van der Waals surface area contributed by atoms with Crippen LogP contribution in [-0.2, 0) is 0 Å². The number of nitrogens with two attached hydrogens (primary N) is 1. The van der Waals surface area contributed by atoms with Crippen LogP contribution in [0, 0.1) is 10.1 Å². The zero-order valence-electron chi connectivity index (χ0n) is 11.0. The molecule has 0 fully saturated rings. The Morgan fingerprint density at radius 2 is 2.21 bits per heavy atom. The van der Waals surface area contributed by atoms with Crippen LogP contribution in [0.2, 0.25) is 0 Å². The first-order valence-electron chi connectivity index (χ1n) is 5.49. The number of anilines is 1. The van der Waals surface area contributed by atoms with Crippen molar-refractivity contribution in [3.63, 3.8) is 0 Å². The first-order valence-corrected chi connectivity index (χ1v) is 5.49. The molecule has 3 N–H and O–H groups in total. The van der Waals surface area contributed by atoms with E-state index in [1.807, 2.05) is 0 Å². The molecular formula is C11H16N4O4. The molecular weight excluding hydrogens is 252 g/mol. The number of aliphatic hydroxyl groups excluding tert-OH is 1. The fraction of sp³-hybridized carbons (Fsp3) is 0.455. The number of pyridine rings is 1. The molecule has 19 heavy (non-hydrogen) atoms. The summed E-state index contributed by atoms with van der Waals surface area (Å²) in [5, 5.41) is 19.9. The highest BCUT2D eigenvalue weighted by Crippen LogP contribution is 2.21. The lowest BCUT2D eigenvalue weighted by atomic mass is 10.0. The Hall–Kier alpha value is -2.22. The summed E-state index contributed by atoms with van der Waals surface area (Å²) in [5.41, 5.74) is 4.39. The van der Waals surface area contributed by atoms with Crippen LogP contribution in [0.4, 0.5) is 11.5 Å². The van der Waals surface area contributed by atoms with Gasteiger partial charge in [0.05, 0.1) is 22.6 Å². The Labute approximate surface area is 110 Å². The largest absolute Gasteiger partial charge is 0.394 e. The van der Waals surface area contributed by atoms with E-state index in [0.29, 0.717) is 0 Å². The van der Waals surface area contributed by atoms with Crippen molar-refractivity contribution in [2.45, 2.75) is 19.4 Å². The highest BCUT2D eigenvalue weighted by atomic mass is 16.6. The number of nitrogens with zero attached hydrogens (tertiary/aromatic N) is 3. The summed E-state index contributed by atoms with van der Waals surface area (Å²) in [7, 11) is 1.48. The number of rotatable bonds is 4. The lowest BCUT2D eigenvalue weighted by Gasteiger charge is -2.34. The molecule has 0 unspecified atom stereocenters. The third-order valence-electron chi connectivity index (χ3n) is 2.94. The zero-order valence-corrected chi connectivity index (χ0v) is 11.0. The normalized spacial score (nSPS) is 11.2. The molecule has 104 valence electrons. The summed E-state index contributed by atoms with van der Waals surface area (Å²) >= 11 is 0. The van der Waals surface area contributed by atoms with Crippen LogP contribution < -0.4 is 5.73 Å². The third-order valence-corrected chi connectivity index (χ3v) is 2.94. The minimum atomic E-state index is -0.811. The van der Waals surface area contributed by atoms with E-state index in [0.717, 1.165) is 12.3 Å². The molecule has 0 bridgehead atoms. The Bertz CT molecular complexity index is 515. The first-order chi connectivity index (χ1) is 8.70. The highest BCUT2D eigenvalue weighted by molar-refractivity contribution is 5.99. The summed E-state index contributed by atoms with van der Waals surface area (Å²) in [5.74, 6) is -0.621. The van der Waals surface area contributed by atoms with Gasteiger partial charge in [-0.1, -0.05) is 0 Å². The maximum Gasteiger partial charge on any atom is 0.288 e. The molecule has 1 rings (SSSR count). The minimum absolute atomic E-state index is 0.0572. The molecule has 8 heteroatoms. The van der Waals surface area contributed by atoms with Crippen LogP contribution in [0.25, 0.3) is 0 Å². The molecule has 0 atom stereocenters. The molecule has 1 amide bonds. The molecule has 1 aromatic rings. The average molecular weight is 268 g/mol. The molecule has 0 saturated carbocycles. The molecule has 0 aromatic carbocycles. The third kappa shape index (κ3) is 2.97. The van der Waals surface area contributed by atoms with E-state index in [4.69, 9.17) is 5.73 Å². The predicted octanol–water partition coefficient (Wildman–Crippen LogP) is 0.415. The van der Waals surface area contributed by atoms with Gasteiger partial charge in [0.25, 0.3) is 11.6 Å². The summed E-state index contributed by atoms with van der Waals surface area (Å²) in [6.45, 7) is 3.06. The number of aromatic nitrogens is 1. The summed E-state index contributed by atoms with van der Waals surface area (Å²) < 4.78 is 0. The van der Waals surface area contributed by atoms with Gasteiger partial charge in [-0.05, 0) is 13.8 Å². The smallest absolute Gasteiger partial charge is 0.288 e. The van der Waals surface area contributed by atoms with Crippen molar-refractivity contribution < 1.29 is 14.8 Å². The quantitative estimate of drug-likeness (QED) is 0.602. The number of carbonyl (C=O) groups is 1. The molecule has 0 radical (unpaired) electrons. The van der Waals surface area contributed by atoms with Crippen molar-refractivity contribution in [1.29, 1.82) is 0 Å². The number of nitro groups is 1. The second kappa shape index (κ2) is 5.19. The fourth-order valence-electron chi connectivity index (χ4n) is 1.30. The van der Waals surface area contributed by atoms with Gasteiger partial charge in [-0.3, -0.25) is 14.9 Å². The van der Waals surface area contributed by atoms with Gasteiger partial charge in [0.15, 0.2) is 0 Å². The molecule has 0 aliphatic rings. The number of amides is 1. The van der Waals surface area contributed by atoms with Crippen molar-refractivity contribution in [3.05, 3.63) is 27.9 Å². The predicted molar refractivity (Wildman–Crippen MR) is 68.6 cm³/mol. The van der Waals surface area contributed by atoms with E-state index in [1.54, 1.807) is 13.8 Å². The van der Waals surface area contributed by atoms with Crippen LogP contribution in [0.5, 0.6) is 0 Å². The van der Waals surface area contributed by atoms with E-state index in [-0.39, 0.29) is 23.7 Å². The zero-order chi connectivity index (χ0) is 14.8. The van der Waals surface area contributed by atoms with Crippen LogP contribution in [0.3, 0.4) is 0 Å². The monoisotopic (exact) mass is 268 g/mol. The lowest BCUT2D eigenvalue weighted by Crippen LogP contribution is -2.47. The van der Waals surface area contributed by atoms with Gasteiger partial charge in [-0.25, -0.2) is 4.98 Å². The molecule has 0 spiro atoms. The van der Waals surface area contributed by atoms with Gasteiger partial charge in [0.2, 0.25) is 0 Å². The number of hydrogen-bond donors (Lipinski definition) is 2. The van der Waals surface area contributed by atoms with Gasteiger partial charge in [-0.2, -0.15) is 0 Å². The Kier molecular flexibility index (Phi) is 4.05. The Morgan fingerprint density at radius 3 is 2.68 bits per heavy atom. The molecule has 0 saturated heterocycles. The van der Waals surface area contributed by atoms with Gasteiger partial charge in [0.1, 0.15) is 12.0 Å². The van der Waals surface area contributed by atoms with Crippen molar-refractivity contribution >= 4 is 17.4 Å². The second-order valence-corrected chi connectivity index (χ2v) is 4.72. The minimum Gasteiger partial charge on any atom is -0.394 e. The average Bonchev–Trinajstić information content (AvgIpc) is 2.37. The maximum absolute atomic E-state index is 12.2.